The second kappa shape index (κ2) is 48.1. The van der Waals surface area contributed by atoms with E-state index in [1.165, 1.54) is 199 Å². The third-order valence-electron chi connectivity index (χ3n) is 11.9. The SMILES string of the molecule is CCCCCCCCCCCCCCCCCCCCCCCCC(=O)OCC(COC(=O)CCCCCCCCCC)OC(=O)CCCCCCCCCCCC. The predicted octanol–water partition coefficient (Wildman–Crippen LogP) is 16.8. The van der Waals surface area contributed by atoms with Gasteiger partial charge in [0.2, 0.25) is 0 Å². The second-order valence-electron chi connectivity index (χ2n) is 17.8. The van der Waals surface area contributed by atoms with E-state index in [0.29, 0.717) is 19.3 Å². The van der Waals surface area contributed by atoms with E-state index in [-0.39, 0.29) is 31.1 Å². The summed E-state index contributed by atoms with van der Waals surface area (Å²) in [5.74, 6) is -0.851. The van der Waals surface area contributed by atoms with Crippen LogP contribution in [0.2, 0.25) is 0 Å². The van der Waals surface area contributed by atoms with E-state index in [1.54, 1.807) is 0 Å². The zero-order valence-corrected chi connectivity index (χ0v) is 39.3. The monoisotopic (exact) mass is 821 g/mol. The molecule has 6 heteroatoms. The zero-order valence-electron chi connectivity index (χ0n) is 39.3. The number of hydrogen-bond acceptors (Lipinski definition) is 6. The Morgan fingerprint density at radius 2 is 0.466 bits per heavy atom. The molecule has 0 radical (unpaired) electrons. The minimum absolute atomic E-state index is 0.0625. The van der Waals surface area contributed by atoms with Gasteiger partial charge in [0.1, 0.15) is 13.2 Å². The largest absolute Gasteiger partial charge is 0.462 e. The fourth-order valence-electron chi connectivity index (χ4n) is 7.92. The van der Waals surface area contributed by atoms with E-state index in [0.717, 1.165) is 57.8 Å². The molecule has 0 aliphatic carbocycles. The summed E-state index contributed by atoms with van der Waals surface area (Å²) in [6.07, 6.45) is 51.1. The van der Waals surface area contributed by atoms with Crippen LogP contribution >= 0.6 is 0 Å². The van der Waals surface area contributed by atoms with Gasteiger partial charge in [0, 0.05) is 19.3 Å². The van der Waals surface area contributed by atoms with Gasteiger partial charge in [0.15, 0.2) is 6.10 Å². The van der Waals surface area contributed by atoms with E-state index in [9.17, 15) is 14.4 Å². The van der Waals surface area contributed by atoms with E-state index >= 15 is 0 Å². The van der Waals surface area contributed by atoms with Gasteiger partial charge in [-0.25, -0.2) is 0 Å². The molecule has 0 aromatic heterocycles. The Kier molecular flexibility index (Phi) is 46.8. The van der Waals surface area contributed by atoms with Crippen LogP contribution in [0.5, 0.6) is 0 Å². The number of rotatable bonds is 48. The van der Waals surface area contributed by atoms with Gasteiger partial charge in [0.25, 0.3) is 0 Å². The average Bonchev–Trinajstić information content (AvgIpc) is 3.22. The molecule has 344 valence electrons. The van der Waals surface area contributed by atoms with Crippen molar-refractivity contribution in [3.8, 4) is 0 Å². The van der Waals surface area contributed by atoms with Crippen LogP contribution in [-0.4, -0.2) is 37.2 Å². The van der Waals surface area contributed by atoms with Gasteiger partial charge in [-0.3, -0.25) is 14.4 Å². The van der Waals surface area contributed by atoms with Crippen LogP contribution in [0.25, 0.3) is 0 Å². The van der Waals surface area contributed by atoms with Crippen molar-refractivity contribution in [3.63, 3.8) is 0 Å². The maximum absolute atomic E-state index is 12.7. The van der Waals surface area contributed by atoms with E-state index in [1.807, 2.05) is 0 Å². The van der Waals surface area contributed by atoms with Gasteiger partial charge < -0.3 is 14.2 Å². The van der Waals surface area contributed by atoms with Crippen molar-refractivity contribution >= 4 is 17.9 Å². The van der Waals surface area contributed by atoms with Crippen molar-refractivity contribution in [2.75, 3.05) is 13.2 Å². The molecule has 0 rings (SSSR count). The molecular weight excluding hydrogens is 721 g/mol. The molecule has 0 aliphatic rings. The molecule has 0 aliphatic heterocycles. The first-order valence-electron chi connectivity index (χ1n) is 26.0. The number of carbonyl (C=O) groups is 3. The molecule has 0 saturated heterocycles. The molecule has 0 bridgehead atoms. The highest BCUT2D eigenvalue weighted by atomic mass is 16.6. The molecule has 6 nitrogen and oxygen atoms in total. The van der Waals surface area contributed by atoms with Crippen molar-refractivity contribution in [3.05, 3.63) is 0 Å². The second-order valence-corrected chi connectivity index (χ2v) is 17.8. The number of ether oxygens (including phenoxy) is 3. The van der Waals surface area contributed by atoms with Gasteiger partial charge in [-0.15, -0.1) is 0 Å². The Hall–Kier alpha value is -1.59. The maximum atomic E-state index is 12.7. The maximum Gasteiger partial charge on any atom is 0.306 e. The van der Waals surface area contributed by atoms with Crippen LogP contribution in [0, 0.1) is 0 Å². The molecule has 1 unspecified atom stereocenters. The van der Waals surface area contributed by atoms with E-state index in [4.69, 9.17) is 14.2 Å². The summed E-state index contributed by atoms with van der Waals surface area (Å²) in [4.78, 5) is 37.7. The van der Waals surface area contributed by atoms with Crippen LogP contribution in [0.15, 0.2) is 0 Å². The van der Waals surface area contributed by atoms with Crippen molar-refractivity contribution in [1.82, 2.24) is 0 Å². The summed E-state index contributed by atoms with van der Waals surface area (Å²) >= 11 is 0. The van der Waals surface area contributed by atoms with Gasteiger partial charge in [-0.1, -0.05) is 258 Å². The standard InChI is InChI=1S/C52H100O6/c1-4-7-10-13-16-19-21-22-23-24-25-26-27-28-29-30-31-32-34-36-39-42-45-51(54)57-48-49(47-56-50(53)44-41-38-35-18-15-12-9-6-3)58-52(55)46-43-40-37-33-20-17-14-11-8-5-2/h49H,4-48H2,1-3H3. The van der Waals surface area contributed by atoms with Crippen molar-refractivity contribution in [1.29, 1.82) is 0 Å². The smallest absolute Gasteiger partial charge is 0.306 e. The third kappa shape index (κ3) is 45.5. The lowest BCUT2D eigenvalue weighted by Crippen LogP contribution is -2.30. The fourth-order valence-corrected chi connectivity index (χ4v) is 7.92. The summed E-state index contributed by atoms with van der Waals surface area (Å²) in [5, 5.41) is 0. The molecule has 0 fully saturated rings. The molecular formula is C52H100O6. The molecule has 0 heterocycles. The van der Waals surface area contributed by atoms with Crippen LogP contribution in [-0.2, 0) is 28.6 Å². The molecule has 0 amide bonds. The Balaban J connectivity index is 4.09. The Morgan fingerprint density at radius 1 is 0.276 bits per heavy atom. The summed E-state index contributed by atoms with van der Waals surface area (Å²) in [7, 11) is 0. The third-order valence-corrected chi connectivity index (χ3v) is 11.9. The number of unbranched alkanes of at least 4 members (excludes halogenated alkanes) is 37. The van der Waals surface area contributed by atoms with Gasteiger partial charge in [0.05, 0.1) is 0 Å². The van der Waals surface area contributed by atoms with Crippen LogP contribution in [0.4, 0.5) is 0 Å². The number of carbonyl (C=O) groups excluding carboxylic acids is 3. The highest BCUT2D eigenvalue weighted by Gasteiger charge is 2.19. The predicted molar refractivity (Wildman–Crippen MR) is 247 cm³/mol. The minimum atomic E-state index is -0.758. The molecule has 1 atom stereocenters. The first-order valence-corrected chi connectivity index (χ1v) is 26.0. The fraction of sp³-hybridized carbons (Fsp3) is 0.942. The summed E-state index contributed by atoms with van der Waals surface area (Å²) < 4.78 is 16.7. The molecule has 0 spiro atoms. The lowest BCUT2D eigenvalue weighted by molar-refractivity contribution is -0.167. The quantitative estimate of drug-likeness (QED) is 0.0346. The Morgan fingerprint density at radius 3 is 0.690 bits per heavy atom. The van der Waals surface area contributed by atoms with Gasteiger partial charge in [-0.05, 0) is 19.3 Å². The minimum Gasteiger partial charge on any atom is -0.462 e. The van der Waals surface area contributed by atoms with Gasteiger partial charge >= 0.3 is 17.9 Å². The van der Waals surface area contributed by atoms with Crippen LogP contribution in [0.1, 0.15) is 297 Å². The number of hydrogen-bond donors (Lipinski definition) is 0. The topological polar surface area (TPSA) is 78.9 Å². The molecule has 58 heavy (non-hydrogen) atoms. The summed E-state index contributed by atoms with van der Waals surface area (Å²) in [6.45, 7) is 6.64. The van der Waals surface area contributed by atoms with Crippen molar-refractivity contribution < 1.29 is 28.6 Å². The summed E-state index contributed by atoms with van der Waals surface area (Å²) in [5.41, 5.74) is 0. The Labute approximate surface area is 361 Å². The van der Waals surface area contributed by atoms with E-state index < -0.39 is 6.10 Å². The molecule has 0 aromatic carbocycles. The zero-order chi connectivity index (χ0) is 42.3. The molecule has 0 N–H and O–H groups in total. The van der Waals surface area contributed by atoms with Crippen LogP contribution in [0.3, 0.4) is 0 Å². The van der Waals surface area contributed by atoms with Crippen molar-refractivity contribution in [2.24, 2.45) is 0 Å². The average molecular weight is 821 g/mol. The van der Waals surface area contributed by atoms with E-state index in [2.05, 4.69) is 20.8 Å². The number of esters is 3. The normalized spacial score (nSPS) is 11.8. The van der Waals surface area contributed by atoms with Gasteiger partial charge in [-0.2, -0.15) is 0 Å². The Bertz CT molecular complexity index is 859. The van der Waals surface area contributed by atoms with Crippen LogP contribution < -0.4 is 0 Å². The summed E-state index contributed by atoms with van der Waals surface area (Å²) in [6, 6.07) is 0. The molecule has 0 aromatic rings. The highest BCUT2D eigenvalue weighted by Crippen LogP contribution is 2.17. The first-order chi connectivity index (χ1) is 28.5. The lowest BCUT2D eigenvalue weighted by Gasteiger charge is -2.18. The lowest BCUT2D eigenvalue weighted by atomic mass is 10.0. The van der Waals surface area contributed by atoms with Crippen molar-refractivity contribution in [2.45, 2.75) is 303 Å². The molecule has 0 saturated carbocycles. The highest BCUT2D eigenvalue weighted by molar-refractivity contribution is 5.71. The first kappa shape index (κ1) is 56.4.